The van der Waals surface area contributed by atoms with Crippen LogP contribution in [-0.4, -0.2) is 9.97 Å². The van der Waals surface area contributed by atoms with Crippen molar-refractivity contribution < 1.29 is 0 Å². The van der Waals surface area contributed by atoms with Crippen molar-refractivity contribution in [2.75, 3.05) is 5.32 Å². The number of aromatic nitrogens is 2. The molecule has 0 fully saturated rings. The normalized spacial score (nSPS) is 10.1. The smallest absolute Gasteiger partial charge is 0.147 e. The molecule has 0 spiro atoms. The van der Waals surface area contributed by atoms with Crippen molar-refractivity contribution in [1.29, 1.82) is 0 Å². The maximum atomic E-state index is 6.09. The monoisotopic (exact) mass is 345 g/mol. The zero-order valence-corrected chi connectivity index (χ0v) is 11.2. The van der Waals surface area contributed by atoms with Crippen molar-refractivity contribution in [1.82, 2.24) is 9.97 Å². The van der Waals surface area contributed by atoms with Gasteiger partial charge in [0.1, 0.15) is 5.82 Å². The summed E-state index contributed by atoms with van der Waals surface area (Å²) < 4.78 is 1.11. The van der Waals surface area contributed by atoms with E-state index in [1.807, 2.05) is 18.2 Å². The largest absolute Gasteiger partial charge is 0.377 e. The molecule has 1 heterocycles. The quantitative estimate of drug-likeness (QED) is 0.867. The van der Waals surface area contributed by atoms with Crippen molar-refractivity contribution in [2.45, 2.75) is 6.54 Å². The molecule has 0 bridgehead atoms. The summed E-state index contributed by atoms with van der Waals surface area (Å²) in [5.74, 6) is 0.747. The average molecular weight is 346 g/mol. The molecule has 0 aliphatic carbocycles. The summed E-state index contributed by atoms with van der Waals surface area (Å²) in [4.78, 5) is 8.25. The van der Waals surface area contributed by atoms with Crippen LogP contribution < -0.4 is 5.32 Å². The summed E-state index contributed by atoms with van der Waals surface area (Å²) in [6, 6.07) is 7.66. The molecule has 0 atom stereocenters. The van der Waals surface area contributed by atoms with Crippen LogP contribution in [0.1, 0.15) is 5.82 Å². The van der Waals surface area contributed by atoms with Crippen LogP contribution in [0.5, 0.6) is 0 Å². The number of anilines is 1. The highest BCUT2D eigenvalue weighted by molar-refractivity contribution is 14.1. The molecule has 0 amide bonds. The van der Waals surface area contributed by atoms with Gasteiger partial charge in [-0.2, -0.15) is 0 Å². The van der Waals surface area contributed by atoms with Crippen LogP contribution in [0.3, 0.4) is 0 Å². The Morgan fingerprint density at radius 1 is 1.25 bits per heavy atom. The zero-order chi connectivity index (χ0) is 11.4. The van der Waals surface area contributed by atoms with E-state index >= 15 is 0 Å². The lowest BCUT2D eigenvalue weighted by atomic mass is 10.3. The van der Waals surface area contributed by atoms with Crippen LogP contribution in [-0.2, 0) is 6.54 Å². The number of nitrogens with one attached hydrogen (secondary N) is 1. The van der Waals surface area contributed by atoms with Gasteiger partial charge in [0, 0.05) is 16.0 Å². The number of rotatable bonds is 3. The highest BCUT2D eigenvalue weighted by Crippen LogP contribution is 2.23. The standard InChI is InChI=1S/C11H9ClIN3/c12-9-6-8(13)2-3-10(9)16-7-11-14-4-1-5-15-11/h1-6,16H,7H2. The number of hydrogen-bond donors (Lipinski definition) is 1. The number of nitrogens with zero attached hydrogens (tertiary/aromatic N) is 2. The van der Waals surface area contributed by atoms with E-state index in [1.165, 1.54) is 0 Å². The highest BCUT2D eigenvalue weighted by atomic mass is 127. The Morgan fingerprint density at radius 3 is 2.69 bits per heavy atom. The topological polar surface area (TPSA) is 37.8 Å². The van der Waals surface area contributed by atoms with Crippen LogP contribution in [0, 0.1) is 3.57 Å². The third-order valence-corrected chi connectivity index (χ3v) is 2.97. The summed E-state index contributed by atoms with van der Waals surface area (Å²) in [6.45, 7) is 0.571. The maximum absolute atomic E-state index is 6.09. The van der Waals surface area contributed by atoms with Gasteiger partial charge >= 0.3 is 0 Å². The van der Waals surface area contributed by atoms with Crippen molar-refractivity contribution >= 4 is 39.9 Å². The molecule has 2 rings (SSSR count). The van der Waals surface area contributed by atoms with E-state index in [4.69, 9.17) is 11.6 Å². The third kappa shape index (κ3) is 3.05. The molecule has 0 radical (unpaired) electrons. The summed E-state index contributed by atoms with van der Waals surface area (Å²) >= 11 is 8.31. The van der Waals surface area contributed by atoms with Gasteiger partial charge < -0.3 is 5.32 Å². The molecule has 82 valence electrons. The lowest BCUT2D eigenvalue weighted by Crippen LogP contribution is -2.03. The van der Waals surface area contributed by atoms with Gasteiger partial charge in [-0.1, -0.05) is 11.6 Å². The second-order valence-corrected chi connectivity index (χ2v) is 4.80. The van der Waals surface area contributed by atoms with Gasteiger partial charge in [0.25, 0.3) is 0 Å². The predicted molar refractivity (Wildman–Crippen MR) is 73.5 cm³/mol. The lowest BCUT2D eigenvalue weighted by molar-refractivity contribution is 0.948. The van der Waals surface area contributed by atoms with Gasteiger partial charge in [-0.25, -0.2) is 9.97 Å². The molecule has 5 heteroatoms. The number of halogens is 2. The molecule has 0 saturated carbocycles. The average Bonchev–Trinajstić information content (AvgIpc) is 2.29. The first-order chi connectivity index (χ1) is 7.75. The molecule has 0 aliphatic rings. The highest BCUT2D eigenvalue weighted by Gasteiger charge is 2.01. The Kier molecular flexibility index (Phi) is 3.95. The fourth-order valence-electron chi connectivity index (χ4n) is 1.23. The SMILES string of the molecule is Clc1cc(I)ccc1NCc1ncccn1. The van der Waals surface area contributed by atoms with Gasteiger partial charge in [0.2, 0.25) is 0 Å². The number of hydrogen-bond acceptors (Lipinski definition) is 3. The van der Waals surface area contributed by atoms with Gasteiger partial charge in [0.05, 0.1) is 17.3 Å². The van der Waals surface area contributed by atoms with Crippen molar-refractivity contribution in [3.05, 3.63) is 51.1 Å². The van der Waals surface area contributed by atoms with E-state index < -0.39 is 0 Å². The molecule has 0 unspecified atom stereocenters. The Labute approximate surface area is 112 Å². The zero-order valence-electron chi connectivity index (χ0n) is 8.32. The fourth-order valence-corrected chi connectivity index (χ4v) is 2.15. The van der Waals surface area contributed by atoms with Crippen molar-refractivity contribution in [2.24, 2.45) is 0 Å². The van der Waals surface area contributed by atoms with Crippen molar-refractivity contribution in [3.8, 4) is 0 Å². The molecule has 2 aromatic rings. The van der Waals surface area contributed by atoms with Gasteiger partial charge in [0.15, 0.2) is 0 Å². The molecule has 16 heavy (non-hydrogen) atoms. The second kappa shape index (κ2) is 5.45. The minimum atomic E-state index is 0.571. The summed E-state index contributed by atoms with van der Waals surface area (Å²) in [5, 5.41) is 3.91. The van der Waals surface area contributed by atoms with Crippen LogP contribution >= 0.6 is 34.2 Å². The van der Waals surface area contributed by atoms with Gasteiger partial charge in [-0.05, 0) is 46.9 Å². The molecule has 0 saturated heterocycles. The molecular formula is C11H9ClIN3. The minimum Gasteiger partial charge on any atom is -0.377 e. The van der Waals surface area contributed by atoms with E-state index in [0.29, 0.717) is 11.6 Å². The minimum absolute atomic E-state index is 0.571. The maximum Gasteiger partial charge on any atom is 0.147 e. The van der Waals surface area contributed by atoms with E-state index in [9.17, 15) is 0 Å². The predicted octanol–water partition coefficient (Wildman–Crippen LogP) is 3.35. The van der Waals surface area contributed by atoms with Gasteiger partial charge in [-0.3, -0.25) is 0 Å². The van der Waals surface area contributed by atoms with E-state index in [1.54, 1.807) is 18.5 Å². The first kappa shape index (κ1) is 11.6. The summed E-state index contributed by atoms with van der Waals surface area (Å²) in [5.41, 5.74) is 0.898. The molecule has 1 aromatic carbocycles. The first-order valence-corrected chi connectivity index (χ1v) is 6.16. The van der Waals surface area contributed by atoms with Crippen LogP contribution in [0.4, 0.5) is 5.69 Å². The molecule has 1 aromatic heterocycles. The van der Waals surface area contributed by atoms with Crippen LogP contribution in [0.25, 0.3) is 0 Å². The Bertz CT molecular complexity index is 476. The van der Waals surface area contributed by atoms with E-state index in [2.05, 4.69) is 37.9 Å². The number of benzene rings is 1. The first-order valence-electron chi connectivity index (χ1n) is 4.70. The second-order valence-electron chi connectivity index (χ2n) is 3.14. The molecule has 1 N–H and O–H groups in total. The molecular weight excluding hydrogens is 336 g/mol. The van der Waals surface area contributed by atoms with E-state index in [0.717, 1.165) is 15.1 Å². The summed E-state index contributed by atoms with van der Waals surface area (Å²) in [6.07, 6.45) is 3.44. The third-order valence-electron chi connectivity index (χ3n) is 1.99. The summed E-state index contributed by atoms with van der Waals surface area (Å²) in [7, 11) is 0. The Balaban J connectivity index is 2.05. The van der Waals surface area contributed by atoms with Crippen LogP contribution in [0.2, 0.25) is 5.02 Å². The fraction of sp³-hybridized carbons (Fsp3) is 0.0909. The van der Waals surface area contributed by atoms with Crippen LogP contribution in [0.15, 0.2) is 36.7 Å². The Morgan fingerprint density at radius 2 is 2.00 bits per heavy atom. The van der Waals surface area contributed by atoms with Gasteiger partial charge in [-0.15, -0.1) is 0 Å². The van der Waals surface area contributed by atoms with E-state index in [-0.39, 0.29) is 0 Å². The molecule has 3 nitrogen and oxygen atoms in total. The lowest BCUT2D eigenvalue weighted by Gasteiger charge is -2.07. The molecule has 0 aliphatic heterocycles. The Hall–Kier alpha value is -0.880. The van der Waals surface area contributed by atoms with Crippen molar-refractivity contribution in [3.63, 3.8) is 0 Å².